The summed E-state index contributed by atoms with van der Waals surface area (Å²) < 4.78 is 5.35. The van der Waals surface area contributed by atoms with Crippen LogP contribution in [0.25, 0.3) is 0 Å². The maximum Gasteiger partial charge on any atom is 0.317 e. The van der Waals surface area contributed by atoms with E-state index in [-0.39, 0.29) is 6.03 Å². The van der Waals surface area contributed by atoms with E-state index >= 15 is 0 Å². The molecule has 7 heteroatoms. The van der Waals surface area contributed by atoms with E-state index in [9.17, 15) is 4.79 Å². The lowest BCUT2D eigenvalue weighted by Gasteiger charge is -2.34. The molecule has 0 aliphatic carbocycles. The number of carbonyl (C=O) groups excluding carboxylic acids is 1. The first-order valence-electron chi connectivity index (χ1n) is 7.23. The molecule has 0 saturated carbocycles. The molecule has 1 aliphatic heterocycles. The van der Waals surface area contributed by atoms with Crippen molar-refractivity contribution in [3.63, 3.8) is 0 Å². The van der Waals surface area contributed by atoms with Gasteiger partial charge in [-0.1, -0.05) is 6.92 Å². The average Bonchev–Trinajstić information content (AvgIpc) is 2.89. The molecule has 2 amide bonds. The van der Waals surface area contributed by atoms with Gasteiger partial charge in [0.25, 0.3) is 0 Å². The van der Waals surface area contributed by atoms with Crippen molar-refractivity contribution in [2.45, 2.75) is 26.7 Å². The van der Waals surface area contributed by atoms with Crippen molar-refractivity contribution < 1.29 is 9.21 Å². The number of aromatic nitrogens is 2. The molecule has 2 rings (SSSR count). The Balaban J connectivity index is 1.67. The lowest BCUT2D eigenvalue weighted by atomic mass is 10.3. The molecule has 0 aromatic carbocycles. The van der Waals surface area contributed by atoms with E-state index in [0.717, 1.165) is 52.1 Å². The molecule has 0 atom stereocenters. The van der Waals surface area contributed by atoms with Crippen LogP contribution in [-0.4, -0.2) is 65.3 Å². The summed E-state index contributed by atoms with van der Waals surface area (Å²) in [4.78, 5) is 16.0. The van der Waals surface area contributed by atoms with Crippen molar-refractivity contribution in [1.82, 2.24) is 25.3 Å². The molecule has 1 N–H and O–H groups in total. The molecule has 0 bridgehead atoms. The van der Waals surface area contributed by atoms with E-state index in [4.69, 9.17) is 4.42 Å². The van der Waals surface area contributed by atoms with Crippen LogP contribution in [0, 0.1) is 6.92 Å². The highest BCUT2D eigenvalue weighted by atomic mass is 16.4. The molecular weight excluding hydrogens is 258 g/mol. The molecule has 1 aromatic heterocycles. The van der Waals surface area contributed by atoms with E-state index in [2.05, 4.69) is 27.3 Å². The molecule has 7 nitrogen and oxygen atoms in total. The Morgan fingerprint density at radius 2 is 2.05 bits per heavy atom. The Morgan fingerprint density at radius 1 is 1.30 bits per heavy atom. The van der Waals surface area contributed by atoms with Crippen LogP contribution in [0.2, 0.25) is 0 Å². The van der Waals surface area contributed by atoms with E-state index in [1.54, 1.807) is 6.92 Å². The summed E-state index contributed by atoms with van der Waals surface area (Å²) in [6, 6.07) is 0.0547. The average molecular weight is 281 g/mol. The number of nitrogens with zero attached hydrogens (tertiary/aromatic N) is 4. The van der Waals surface area contributed by atoms with Gasteiger partial charge in [-0.15, -0.1) is 10.2 Å². The number of hydrogen-bond donors (Lipinski definition) is 1. The Hall–Kier alpha value is -1.63. The van der Waals surface area contributed by atoms with Crippen molar-refractivity contribution in [3.8, 4) is 0 Å². The number of urea groups is 1. The summed E-state index contributed by atoms with van der Waals surface area (Å²) in [5.41, 5.74) is 0. The zero-order valence-corrected chi connectivity index (χ0v) is 12.3. The largest absolute Gasteiger partial charge is 0.426 e. The zero-order valence-electron chi connectivity index (χ0n) is 12.3. The Morgan fingerprint density at radius 3 is 2.65 bits per heavy atom. The van der Waals surface area contributed by atoms with Gasteiger partial charge in [0.05, 0.1) is 0 Å². The summed E-state index contributed by atoms with van der Waals surface area (Å²) in [6.07, 6.45) is 1.73. The number of rotatable bonds is 5. The third kappa shape index (κ3) is 4.19. The summed E-state index contributed by atoms with van der Waals surface area (Å²) in [6.45, 7) is 8.83. The molecule has 1 aliphatic rings. The first kappa shape index (κ1) is 14.8. The molecule has 1 fully saturated rings. The molecule has 1 aromatic rings. The minimum atomic E-state index is 0.0547. The number of aryl methyl sites for hydroxylation is 1. The van der Waals surface area contributed by atoms with Gasteiger partial charge >= 0.3 is 6.03 Å². The van der Waals surface area contributed by atoms with Gasteiger partial charge in [0.1, 0.15) is 0 Å². The van der Waals surface area contributed by atoms with Gasteiger partial charge in [0, 0.05) is 52.6 Å². The predicted molar refractivity (Wildman–Crippen MR) is 74.4 cm³/mol. The fourth-order valence-corrected chi connectivity index (χ4v) is 2.21. The van der Waals surface area contributed by atoms with Crippen LogP contribution in [-0.2, 0) is 6.42 Å². The van der Waals surface area contributed by atoms with E-state index in [1.165, 1.54) is 0 Å². The van der Waals surface area contributed by atoms with Crippen molar-refractivity contribution in [2.75, 3.05) is 39.3 Å². The fourth-order valence-electron chi connectivity index (χ4n) is 2.21. The van der Waals surface area contributed by atoms with Crippen molar-refractivity contribution >= 4 is 6.03 Å². The molecule has 0 unspecified atom stereocenters. The normalized spacial score (nSPS) is 16.4. The number of amides is 2. The Bertz CT molecular complexity index is 426. The lowest BCUT2D eigenvalue weighted by Crippen LogP contribution is -2.52. The summed E-state index contributed by atoms with van der Waals surface area (Å²) >= 11 is 0. The third-order valence-corrected chi connectivity index (χ3v) is 3.40. The summed E-state index contributed by atoms with van der Waals surface area (Å²) in [5, 5.41) is 10.7. The minimum Gasteiger partial charge on any atom is -0.426 e. The highest BCUT2D eigenvalue weighted by Gasteiger charge is 2.20. The summed E-state index contributed by atoms with van der Waals surface area (Å²) in [5.74, 6) is 1.29. The smallest absolute Gasteiger partial charge is 0.317 e. The van der Waals surface area contributed by atoms with Gasteiger partial charge in [-0.3, -0.25) is 4.90 Å². The maximum atomic E-state index is 11.8. The van der Waals surface area contributed by atoms with Crippen LogP contribution in [0.5, 0.6) is 0 Å². The molecule has 2 heterocycles. The molecule has 1 saturated heterocycles. The second kappa shape index (κ2) is 7.23. The van der Waals surface area contributed by atoms with Gasteiger partial charge in [0.2, 0.25) is 11.8 Å². The first-order chi connectivity index (χ1) is 9.69. The van der Waals surface area contributed by atoms with E-state index in [1.807, 2.05) is 4.90 Å². The monoisotopic (exact) mass is 281 g/mol. The van der Waals surface area contributed by atoms with Gasteiger partial charge in [-0.25, -0.2) is 4.79 Å². The second-order valence-corrected chi connectivity index (χ2v) is 5.03. The quantitative estimate of drug-likeness (QED) is 0.858. The van der Waals surface area contributed by atoms with Crippen LogP contribution in [0.4, 0.5) is 4.79 Å². The van der Waals surface area contributed by atoms with Crippen LogP contribution in [0.1, 0.15) is 25.1 Å². The highest BCUT2D eigenvalue weighted by Crippen LogP contribution is 2.05. The standard InChI is InChI=1S/C13H23N5O2/c1-3-5-14-13(19)18-9-7-17(8-10-18)6-4-12-16-15-11(2)20-12/h3-10H2,1-2H3,(H,14,19). The maximum absolute atomic E-state index is 11.8. The van der Waals surface area contributed by atoms with Crippen LogP contribution in [0.15, 0.2) is 4.42 Å². The van der Waals surface area contributed by atoms with Gasteiger partial charge in [-0.2, -0.15) is 0 Å². The van der Waals surface area contributed by atoms with Crippen molar-refractivity contribution in [1.29, 1.82) is 0 Å². The molecular formula is C13H23N5O2. The zero-order chi connectivity index (χ0) is 14.4. The number of carbonyl (C=O) groups is 1. The third-order valence-electron chi connectivity index (χ3n) is 3.40. The lowest BCUT2D eigenvalue weighted by molar-refractivity contribution is 0.138. The SMILES string of the molecule is CCCNC(=O)N1CCN(CCc2nnc(C)o2)CC1. The van der Waals surface area contributed by atoms with Gasteiger partial charge < -0.3 is 14.6 Å². The van der Waals surface area contributed by atoms with Gasteiger partial charge in [0.15, 0.2) is 0 Å². The van der Waals surface area contributed by atoms with Crippen molar-refractivity contribution in [3.05, 3.63) is 11.8 Å². The molecule has 0 radical (unpaired) electrons. The van der Waals surface area contributed by atoms with E-state index in [0.29, 0.717) is 11.8 Å². The number of piperazine rings is 1. The second-order valence-electron chi connectivity index (χ2n) is 5.03. The van der Waals surface area contributed by atoms with Crippen molar-refractivity contribution in [2.24, 2.45) is 0 Å². The van der Waals surface area contributed by atoms with Crippen LogP contribution < -0.4 is 5.32 Å². The number of nitrogens with one attached hydrogen (secondary N) is 1. The predicted octanol–water partition coefficient (Wildman–Crippen LogP) is 0.658. The first-order valence-corrected chi connectivity index (χ1v) is 7.23. The van der Waals surface area contributed by atoms with Crippen LogP contribution >= 0.6 is 0 Å². The summed E-state index contributed by atoms with van der Waals surface area (Å²) in [7, 11) is 0. The molecule has 20 heavy (non-hydrogen) atoms. The number of hydrogen-bond acceptors (Lipinski definition) is 5. The molecule has 112 valence electrons. The molecule has 0 spiro atoms. The van der Waals surface area contributed by atoms with Gasteiger partial charge in [-0.05, 0) is 6.42 Å². The minimum absolute atomic E-state index is 0.0547. The topological polar surface area (TPSA) is 74.5 Å². The Labute approximate surface area is 119 Å². The highest BCUT2D eigenvalue weighted by molar-refractivity contribution is 5.74. The Kier molecular flexibility index (Phi) is 5.34. The fraction of sp³-hybridized carbons (Fsp3) is 0.769. The van der Waals surface area contributed by atoms with E-state index < -0.39 is 0 Å². The van der Waals surface area contributed by atoms with Crippen LogP contribution in [0.3, 0.4) is 0 Å².